The molecule has 1 aliphatic carbocycles. The zero-order valence-electron chi connectivity index (χ0n) is 11.5. The van der Waals surface area contributed by atoms with Gasteiger partial charge in [0.15, 0.2) is 0 Å². The summed E-state index contributed by atoms with van der Waals surface area (Å²) in [6, 6.07) is 0.308. The Labute approximate surface area is 124 Å². The van der Waals surface area contributed by atoms with Crippen LogP contribution in [0.4, 0.5) is 5.82 Å². The molecule has 2 rings (SSSR count). The molecule has 108 valence electrons. The van der Waals surface area contributed by atoms with E-state index in [0.29, 0.717) is 24.4 Å². The van der Waals surface area contributed by atoms with Gasteiger partial charge in [-0.05, 0) is 30.9 Å². The Morgan fingerprint density at radius 1 is 1.55 bits per heavy atom. The van der Waals surface area contributed by atoms with E-state index in [1.54, 1.807) is 13.3 Å². The summed E-state index contributed by atoms with van der Waals surface area (Å²) in [6.07, 6.45) is 4.48. The quantitative estimate of drug-likeness (QED) is 0.491. The van der Waals surface area contributed by atoms with Crippen molar-refractivity contribution >= 4 is 17.4 Å². The Kier molecular flexibility index (Phi) is 5.60. The molecule has 0 aliphatic heterocycles. The van der Waals surface area contributed by atoms with Crippen LogP contribution < -0.4 is 11.1 Å². The molecule has 0 bridgehead atoms. The number of ether oxygens (including phenoxy) is 1. The van der Waals surface area contributed by atoms with Crippen molar-refractivity contribution in [2.75, 3.05) is 25.6 Å². The van der Waals surface area contributed by atoms with Gasteiger partial charge >= 0.3 is 0 Å². The Balaban J connectivity index is 1.99. The lowest BCUT2D eigenvalue weighted by molar-refractivity contribution is 0.197. The van der Waals surface area contributed by atoms with Gasteiger partial charge in [0.1, 0.15) is 5.82 Å². The van der Waals surface area contributed by atoms with Crippen molar-refractivity contribution in [2.24, 2.45) is 11.7 Å². The van der Waals surface area contributed by atoms with E-state index in [1.165, 1.54) is 0 Å². The first-order valence-corrected chi connectivity index (χ1v) is 7.09. The molecule has 20 heavy (non-hydrogen) atoms. The fourth-order valence-corrected chi connectivity index (χ4v) is 2.10. The number of hydrogen-bond donors (Lipinski definition) is 2. The fourth-order valence-electron chi connectivity index (χ4n) is 1.97. The Morgan fingerprint density at radius 2 is 2.35 bits per heavy atom. The Hall–Kier alpha value is -1.35. The number of nitrogens with one attached hydrogen (secondary N) is 1. The molecule has 0 saturated heterocycles. The minimum Gasteiger partial charge on any atom is -0.385 e. The number of nitrogens with zero attached hydrogens (tertiary/aromatic N) is 2. The minimum absolute atomic E-state index is 0.218. The van der Waals surface area contributed by atoms with Gasteiger partial charge in [0.05, 0.1) is 5.56 Å². The maximum Gasteiger partial charge on any atom is 0.224 e. The van der Waals surface area contributed by atoms with Gasteiger partial charge in [0.2, 0.25) is 5.28 Å². The molecule has 0 aromatic carbocycles. The van der Waals surface area contributed by atoms with E-state index >= 15 is 0 Å². The second kappa shape index (κ2) is 7.44. The average Bonchev–Trinajstić information content (AvgIpc) is 2.40. The Bertz CT molecular complexity index is 506. The van der Waals surface area contributed by atoms with E-state index < -0.39 is 0 Å². The first-order chi connectivity index (χ1) is 9.69. The van der Waals surface area contributed by atoms with Crippen LogP contribution in [0.3, 0.4) is 0 Å². The molecule has 1 heterocycles. The largest absolute Gasteiger partial charge is 0.385 e. The van der Waals surface area contributed by atoms with Crippen LogP contribution in [0.1, 0.15) is 24.8 Å². The lowest BCUT2D eigenvalue weighted by atomic mass is 9.81. The molecule has 3 N–H and O–H groups in total. The number of hydrogen-bond acceptors (Lipinski definition) is 5. The molecule has 0 radical (unpaired) electrons. The summed E-state index contributed by atoms with van der Waals surface area (Å²) in [6.45, 7) is 1.46. The van der Waals surface area contributed by atoms with E-state index in [1.807, 2.05) is 0 Å². The topological polar surface area (TPSA) is 73.1 Å². The lowest BCUT2D eigenvalue weighted by Crippen LogP contribution is -2.35. The average molecular weight is 295 g/mol. The van der Waals surface area contributed by atoms with Gasteiger partial charge in [0.25, 0.3) is 0 Å². The molecule has 1 saturated carbocycles. The highest BCUT2D eigenvalue weighted by Gasteiger charge is 2.23. The summed E-state index contributed by atoms with van der Waals surface area (Å²) in [4.78, 5) is 8.17. The predicted molar refractivity (Wildman–Crippen MR) is 79.6 cm³/mol. The number of anilines is 1. The maximum atomic E-state index is 5.83. The van der Waals surface area contributed by atoms with E-state index in [-0.39, 0.29) is 5.28 Å². The monoisotopic (exact) mass is 294 g/mol. The number of nitrogens with two attached hydrogens (primary N) is 1. The summed E-state index contributed by atoms with van der Waals surface area (Å²) in [5.74, 6) is 7.40. The molecule has 0 unspecified atom stereocenters. The maximum absolute atomic E-state index is 5.83. The minimum atomic E-state index is 0.218. The van der Waals surface area contributed by atoms with Crippen LogP contribution in [0.25, 0.3) is 0 Å². The van der Waals surface area contributed by atoms with E-state index in [0.717, 1.165) is 31.4 Å². The summed E-state index contributed by atoms with van der Waals surface area (Å²) in [5, 5.41) is 3.43. The van der Waals surface area contributed by atoms with Gasteiger partial charge in [-0.2, -0.15) is 4.98 Å². The fraction of sp³-hybridized carbons (Fsp3) is 0.571. The van der Waals surface area contributed by atoms with Gasteiger partial charge in [0, 0.05) is 38.4 Å². The van der Waals surface area contributed by atoms with Crippen LogP contribution in [0, 0.1) is 17.8 Å². The summed E-state index contributed by atoms with van der Waals surface area (Å²) in [7, 11) is 1.68. The smallest absolute Gasteiger partial charge is 0.224 e. The zero-order chi connectivity index (χ0) is 14.4. The molecule has 6 heteroatoms. The molecule has 0 amide bonds. The highest BCUT2D eigenvalue weighted by atomic mass is 35.5. The molecular formula is C14H19ClN4O. The van der Waals surface area contributed by atoms with Crippen molar-refractivity contribution < 1.29 is 4.74 Å². The SMILES string of the molecule is COCCCNc1nc(Cl)ncc1C#C[C@H]1C[C@@H](N)C1. The molecule has 1 aliphatic rings. The molecule has 5 nitrogen and oxygen atoms in total. The third-order valence-electron chi connectivity index (χ3n) is 3.16. The van der Waals surface area contributed by atoms with Gasteiger partial charge in [-0.3, -0.25) is 0 Å². The van der Waals surface area contributed by atoms with Gasteiger partial charge in [-0.1, -0.05) is 11.8 Å². The molecular weight excluding hydrogens is 276 g/mol. The standard InChI is InChI=1S/C14H19ClN4O/c1-20-6-2-5-17-13-11(9-18-14(15)19-13)4-3-10-7-12(16)8-10/h9-10,12H,2,5-8,16H2,1H3,(H,17,18,19)/t10-,12+. The number of rotatable bonds is 5. The van der Waals surface area contributed by atoms with E-state index in [9.17, 15) is 0 Å². The van der Waals surface area contributed by atoms with Gasteiger partial charge < -0.3 is 15.8 Å². The summed E-state index contributed by atoms with van der Waals surface area (Å²) >= 11 is 5.83. The lowest BCUT2D eigenvalue weighted by Gasteiger charge is -2.27. The van der Waals surface area contributed by atoms with Crippen molar-refractivity contribution in [3.05, 3.63) is 17.0 Å². The van der Waals surface area contributed by atoms with Gasteiger partial charge in [-0.15, -0.1) is 0 Å². The van der Waals surface area contributed by atoms with Crippen molar-refractivity contribution in [3.63, 3.8) is 0 Å². The van der Waals surface area contributed by atoms with E-state index in [2.05, 4.69) is 27.1 Å². The van der Waals surface area contributed by atoms with E-state index in [4.69, 9.17) is 22.1 Å². The number of aromatic nitrogens is 2. The van der Waals surface area contributed by atoms with Crippen LogP contribution in [-0.2, 0) is 4.74 Å². The second-order valence-corrected chi connectivity index (χ2v) is 5.21. The Morgan fingerprint density at radius 3 is 3.05 bits per heavy atom. The van der Waals surface area contributed by atoms with Crippen molar-refractivity contribution in [1.82, 2.24) is 9.97 Å². The molecule has 1 fully saturated rings. The molecule has 0 spiro atoms. The zero-order valence-corrected chi connectivity index (χ0v) is 12.3. The van der Waals surface area contributed by atoms with Crippen LogP contribution in [-0.4, -0.2) is 36.3 Å². The first-order valence-electron chi connectivity index (χ1n) is 6.71. The highest BCUT2D eigenvalue weighted by Crippen LogP contribution is 2.24. The van der Waals surface area contributed by atoms with Crippen molar-refractivity contribution in [2.45, 2.75) is 25.3 Å². The summed E-state index contributed by atoms with van der Waals surface area (Å²) < 4.78 is 5.01. The van der Waals surface area contributed by atoms with Crippen LogP contribution >= 0.6 is 11.6 Å². The molecule has 1 aromatic heterocycles. The third kappa shape index (κ3) is 4.34. The second-order valence-electron chi connectivity index (χ2n) is 4.87. The van der Waals surface area contributed by atoms with Crippen LogP contribution in [0.2, 0.25) is 5.28 Å². The summed E-state index contributed by atoms with van der Waals surface area (Å²) in [5.41, 5.74) is 6.52. The first kappa shape index (κ1) is 15.0. The van der Waals surface area contributed by atoms with Crippen LogP contribution in [0.5, 0.6) is 0 Å². The van der Waals surface area contributed by atoms with Crippen LogP contribution in [0.15, 0.2) is 6.20 Å². The number of methoxy groups -OCH3 is 1. The van der Waals surface area contributed by atoms with Crippen molar-refractivity contribution in [3.8, 4) is 11.8 Å². The molecule has 0 atom stereocenters. The number of halogens is 1. The van der Waals surface area contributed by atoms with Crippen molar-refractivity contribution in [1.29, 1.82) is 0 Å². The third-order valence-corrected chi connectivity index (χ3v) is 3.34. The predicted octanol–water partition coefficient (Wildman–Crippen LogP) is 1.67. The highest BCUT2D eigenvalue weighted by molar-refractivity contribution is 6.28. The molecule has 1 aromatic rings. The van der Waals surface area contributed by atoms with Gasteiger partial charge in [-0.25, -0.2) is 4.98 Å². The normalized spacial score (nSPS) is 20.8.